The second-order valence-corrected chi connectivity index (χ2v) is 3.35. The Morgan fingerprint density at radius 2 is 2.07 bits per heavy atom. The van der Waals surface area contributed by atoms with Crippen LogP contribution in [0.1, 0.15) is 6.92 Å². The molecule has 0 aromatic heterocycles. The average Bonchev–Trinajstić information content (AvgIpc) is 2.27. The van der Waals surface area contributed by atoms with E-state index in [1.165, 1.54) is 6.08 Å². The minimum atomic E-state index is -0.221. The Morgan fingerprint density at radius 3 is 2.67 bits per heavy atom. The number of amides is 2. The summed E-state index contributed by atoms with van der Waals surface area (Å²) in [6.07, 6.45) is 3.05. The van der Waals surface area contributed by atoms with E-state index in [9.17, 15) is 9.59 Å². The largest absolute Gasteiger partial charge is 0.343 e. The number of hydrogen-bond donors (Lipinski definition) is 2. The lowest BCUT2D eigenvalue weighted by molar-refractivity contribution is -0.132. The highest BCUT2D eigenvalue weighted by molar-refractivity contribution is 5.91. The zero-order chi connectivity index (χ0) is 11.1. The van der Waals surface area contributed by atoms with E-state index in [2.05, 4.69) is 10.6 Å². The summed E-state index contributed by atoms with van der Waals surface area (Å²) >= 11 is 0. The SMILES string of the molecule is C/C=C/C(=O)NCC(=O)N1CCNCC1. The average molecular weight is 211 g/mol. The molecule has 5 heteroatoms. The molecule has 1 heterocycles. The summed E-state index contributed by atoms with van der Waals surface area (Å²) in [6, 6.07) is 0. The molecule has 1 saturated heterocycles. The highest BCUT2D eigenvalue weighted by Crippen LogP contribution is 1.92. The molecule has 0 radical (unpaired) electrons. The summed E-state index contributed by atoms with van der Waals surface area (Å²) in [4.78, 5) is 24.4. The van der Waals surface area contributed by atoms with Crippen LogP contribution in [0.5, 0.6) is 0 Å². The number of rotatable bonds is 3. The van der Waals surface area contributed by atoms with Gasteiger partial charge in [-0.25, -0.2) is 0 Å². The van der Waals surface area contributed by atoms with Gasteiger partial charge in [0.05, 0.1) is 6.54 Å². The molecule has 2 amide bonds. The fraction of sp³-hybridized carbons (Fsp3) is 0.600. The lowest BCUT2D eigenvalue weighted by Crippen LogP contribution is -2.49. The van der Waals surface area contributed by atoms with Crippen molar-refractivity contribution in [1.82, 2.24) is 15.5 Å². The van der Waals surface area contributed by atoms with Crippen LogP contribution in [-0.4, -0.2) is 49.4 Å². The summed E-state index contributed by atoms with van der Waals surface area (Å²) in [5.74, 6) is -0.240. The van der Waals surface area contributed by atoms with Gasteiger partial charge in [-0.2, -0.15) is 0 Å². The fourth-order valence-corrected chi connectivity index (χ4v) is 1.40. The van der Waals surface area contributed by atoms with Crippen LogP contribution in [0.15, 0.2) is 12.2 Å². The van der Waals surface area contributed by atoms with E-state index in [0.29, 0.717) is 0 Å². The van der Waals surface area contributed by atoms with Crippen LogP contribution < -0.4 is 10.6 Å². The first-order valence-electron chi connectivity index (χ1n) is 5.13. The molecule has 0 saturated carbocycles. The summed E-state index contributed by atoms with van der Waals surface area (Å²) in [5, 5.41) is 5.71. The lowest BCUT2D eigenvalue weighted by Gasteiger charge is -2.27. The van der Waals surface area contributed by atoms with E-state index in [0.717, 1.165) is 26.2 Å². The topological polar surface area (TPSA) is 61.4 Å². The number of piperazine rings is 1. The fourth-order valence-electron chi connectivity index (χ4n) is 1.40. The Morgan fingerprint density at radius 1 is 1.40 bits per heavy atom. The van der Waals surface area contributed by atoms with Crippen LogP contribution in [0.3, 0.4) is 0 Å². The van der Waals surface area contributed by atoms with Crippen molar-refractivity contribution in [3.8, 4) is 0 Å². The highest BCUT2D eigenvalue weighted by Gasteiger charge is 2.15. The molecule has 1 fully saturated rings. The molecule has 1 rings (SSSR count). The first kappa shape index (κ1) is 11.7. The van der Waals surface area contributed by atoms with Gasteiger partial charge in [0.2, 0.25) is 11.8 Å². The molecule has 0 aromatic rings. The molecular weight excluding hydrogens is 194 g/mol. The molecule has 0 aliphatic carbocycles. The summed E-state index contributed by atoms with van der Waals surface area (Å²) in [5.41, 5.74) is 0. The van der Waals surface area contributed by atoms with Crippen LogP contribution in [0, 0.1) is 0 Å². The Balaban J connectivity index is 2.25. The zero-order valence-electron chi connectivity index (χ0n) is 8.95. The Labute approximate surface area is 89.5 Å². The van der Waals surface area contributed by atoms with Crippen molar-refractivity contribution in [2.75, 3.05) is 32.7 Å². The van der Waals surface area contributed by atoms with E-state index >= 15 is 0 Å². The van der Waals surface area contributed by atoms with Gasteiger partial charge in [0, 0.05) is 26.2 Å². The molecular formula is C10H17N3O2. The second-order valence-electron chi connectivity index (χ2n) is 3.35. The van der Waals surface area contributed by atoms with Crippen molar-refractivity contribution >= 4 is 11.8 Å². The lowest BCUT2D eigenvalue weighted by atomic mass is 10.3. The maximum Gasteiger partial charge on any atom is 0.244 e. The number of carbonyl (C=O) groups excluding carboxylic acids is 2. The van der Waals surface area contributed by atoms with Crippen molar-refractivity contribution < 1.29 is 9.59 Å². The van der Waals surface area contributed by atoms with Gasteiger partial charge in [-0.05, 0) is 13.0 Å². The van der Waals surface area contributed by atoms with Crippen LogP contribution in [0.4, 0.5) is 0 Å². The van der Waals surface area contributed by atoms with Gasteiger partial charge in [-0.15, -0.1) is 0 Å². The van der Waals surface area contributed by atoms with Crippen LogP contribution in [0.2, 0.25) is 0 Å². The molecule has 2 N–H and O–H groups in total. The van der Waals surface area contributed by atoms with E-state index in [-0.39, 0.29) is 18.4 Å². The predicted molar refractivity (Wildman–Crippen MR) is 57.3 cm³/mol. The number of nitrogens with zero attached hydrogens (tertiary/aromatic N) is 1. The normalized spacial score (nSPS) is 16.7. The third-order valence-electron chi connectivity index (χ3n) is 2.20. The van der Waals surface area contributed by atoms with Gasteiger partial charge in [0.25, 0.3) is 0 Å². The van der Waals surface area contributed by atoms with Gasteiger partial charge < -0.3 is 15.5 Å². The zero-order valence-corrected chi connectivity index (χ0v) is 8.95. The standard InChI is InChI=1S/C10H17N3O2/c1-2-3-9(14)12-8-10(15)13-6-4-11-5-7-13/h2-3,11H,4-8H2,1H3,(H,12,14)/b3-2+. The van der Waals surface area contributed by atoms with Crippen molar-refractivity contribution in [3.05, 3.63) is 12.2 Å². The molecule has 0 unspecified atom stereocenters. The summed E-state index contributed by atoms with van der Waals surface area (Å²) in [7, 11) is 0. The third kappa shape index (κ3) is 4.12. The molecule has 1 aliphatic heterocycles. The minimum absolute atomic E-state index is 0.0191. The van der Waals surface area contributed by atoms with E-state index in [1.54, 1.807) is 17.9 Å². The maximum absolute atomic E-state index is 11.6. The highest BCUT2D eigenvalue weighted by atomic mass is 16.2. The van der Waals surface area contributed by atoms with Crippen molar-refractivity contribution in [1.29, 1.82) is 0 Å². The third-order valence-corrected chi connectivity index (χ3v) is 2.20. The maximum atomic E-state index is 11.6. The number of nitrogens with one attached hydrogen (secondary N) is 2. The van der Waals surface area contributed by atoms with E-state index in [1.807, 2.05) is 0 Å². The van der Waals surface area contributed by atoms with Crippen molar-refractivity contribution in [2.24, 2.45) is 0 Å². The number of allylic oxidation sites excluding steroid dienone is 1. The molecule has 1 aliphatic rings. The molecule has 0 atom stereocenters. The van der Waals surface area contributed by atoms with Crippen molar-refractivity contribution in [3.63, 3.8) is 0 Å². The van der Waals surface area contributed by atoms with Gasteiger partial charge >= 0.3 is 0 Å². The minimum Gasteiger partial charge on any atom is -0.343 e. The number of carbonyl (C=O) groups is 2. The van der Waals surface area contributed by atoms with Crippen LogP contribution in [0.25, 0.3) is 0 Å². The number of hydrogen-bond acceptors (Lipinski definition) is 3. The Hall–Kier alpha value is -1.36. The quantitative estimate of drug-likeness (QED) is 0.595. The monoisotopic (exact) mass is 211 g/mol. The molecule has 0 spiro atoms. The van der Waals surface area contributed by atoms with E-state index in [4.69, 9.17) is 0 Å². The van der Waals surface area contributed by atoms with Gasteiger partial charge in [-0.3, -0.25) is 9.59 Å². The van der Waals surface area contributed by atoms with Gasteiger partial charge in [0.1, 0.15) is 0 Å². The van der Waals surface area contributed by atoms with Crippen LogP contribution in [-0.2, 0) is 9.59 Å². The predicted octanol–water partition coefficient (Wildman–Crippen LogP) is -0.889. The molecule has 0 bridgehead atoms. The summed E-state index contributed by atoms with van der Waals surface area (Å²) < 4.78 is 0. The molecule has 5 nitrogen and oxygen atoms in total. The summed E-state index contributed by atoms with van der Waals surface area (Å²) in [6.45, 7) is 4.95. The molecule has 0 aromatic carbocycles. The first-order valence-corrected chi connectivity index (χ1v) is 5.13. The molecule has 15 heavy (non-hydrogen) atoms. The Kier molecular flexibility index (Phi) is 4.83. The van der Waals surface area contributed by atoms with Gasteiger partial charge in [-0.1, -0.05) is 6.08 Å². The first-order chi connectivity index (χ1) is 7.24. The van der Waals surface area contributed by atoms with Crippen LogP contribution >= 0.6 is 0 Å². The smallest absolute Gasteiger partial charge is 0.244 e. The Bertz CT molecular complexity index is 257. The second kappa shape index (κ2) is 6.19. The molecule has 84 valence electrons. The van der Waals surface area contributed by atoms with Crippen molar-refractivity contribution in [2.45, 2.75) is 6.92 Å². The van der Waals surface area contributed by atoms with Gasteiger partial charge in [0.15, 0.2) is 0 Å². The van der Waals surface area contributed by atoms with E-state index < -0.39 is 0 Å².